The van der Waals surface area contributed by atoms with Crippen molar-refractivity contribution < 1.29 is 9.59 Å². The van der Waals surface area contributed by atoms with Gasteiger partial charge in [-0.05, 0) is 56.2 Å². The van der Waals surface area contributed by atoms with E-state index in [2.05, 4.69) is 15.6 Å². The summed E-state index contributed by atoms with van der Waals surface area (Å²) >= 11 is 2.81. The van der Waals surface area contributed by atoms with E-state index in [0.29, 0.717) is 5.69 Å². The van der Waals surface area contributed by atoms with Crippen molar-refractivity contribution in [2.75, 3.05) is 16.4 Å². The number of hydrogen-bond donors (Lipinski definition) is 2. The molecular formula is C22H23N3O2S2. The lowest BCUT2D eigenvalue weighted by Gasteiger charge is -2.07. The van der Waals surface area contributed by atoms with Crippen LogP contribution in [0, 0.1) is 20.8 Å². The molecule has 0 saturated heterocycles. The van der Waals surface area contributed by atoms with E-state index < -0.39 is 0 Å². The van der Waals surface area contributed by atoms with Gasteiger partial charge in [-0.25, -0.2) is 4.98 Å². The van der Waals surface area contributed by atoms with Crippen molar-refractivity contribution >= 4 is 46.3 Å². The smallest absolute Gasteiger partial charge is 0.234 e. The van der Waals surface area contributed by atoms with Gasteiger partial charge in [-0.1, -0.05) is 35.5 Å². The molecular weight excluding hydrogens is 402 g/mol. The van der Waals surface area contributed by atoms with Crippen LogP contribution in [0.2, 0.25) is 0 Å². The number of amides is 2. The Labute approximate surface area is 179 Å². The molecule has 0 bridgehead atoms. The summed E-state index contributed by atoms with van der Waals surface area (Å²) in [6, 6.07) is 13.5. The molecule has 7 heteroatoms. The summed E-state index contributed by atoms with van der Waals surface area (Å²) in [6.45, 7) is 6.06. The maximum Gasteiger partial charge on any atom is 0.234 e. The zero-order chi connectivity index (χ0) is 20.8. The number of aromatic nitrogens is 1. The minimum absolute atomic E-state index is 0.0805. The first kappa shape index (κ1) is 21.1. The number of carbonyl (C=O) groups excluding carboxylic acids is 2. The van der Waals surface area contributed by atoms with Gasteiger partial charge in [0.15, 0.2) is 4.34 Å². The SMILES string of the molecule is Cc1ccc(NC(=O)CSc2nc(CC(=O)Nc3ccc(C)c(C)c3)cs2)cc1. The van der Waals surface area contributed by atoms with Gasteiger partial charge in [-0.15, -0.1) is 11.3 Å². The number of benzene rings is 2. The maximum absolute atomic E-state index is 12.3. The molecule has 0 spiro atoms. The molecule has 150 valence electrons. The van der Waals surface area contributed by atoms with Gasteiger partial charge in [-0.3, -0.25) is 9.59 Å². The van der Waals surface area contributed by atoms with Gasteiger partial charge in [0.05, 0.1) is 17.9 Å². The third kappa shape index (κ3) is 6.44. The van der Waals surface area contributed by atoms with Gasteiger partial charge in [0.25, 0.3) is 0 Å². The molecule has 3 rings (SSSR count). The van der Waals surface area contributed by atoms with Crippen molar-refractivity contribution in [1.29, 1.82) is 0 Å². The lowest BCUT2D eigenvalue weighted by molar-refractivity contribution is -0.116. The second-order valence-corrected chi connectivity index (χ2v) is 8.91. The van der Waals surface area contributed by atoms with E-state index in [4.69, 9.17) is 0 Å². The minimum atomic E-state index is -0.104. The van der Waals surface area contributed by atoms with E-state index in [9.17, 15) is 9.59 Å². The van der Waals surface area contributed by atoms with Crippen LogP contribution in [0.5, 0.6) is 0 Å². The average Bonchev–Trinajstić information content (AvgIpc) is 3.12. The molecule has 0 unspecified atom stereocenters. The van der Waals surface area contributed by atoms with Gasteiger partial charge >= 0.3 is 0 Å². The molecule has 1 aromatic heterocycles. The molecule has 0 aliphatic heterocycles. The van der Waals surface area contributed by atoms with Gasteiger partial charge < -0.3 is 10.6 Å². The van der Waals surface area contributed by atoms with Crippen LogP contribution in [0.15, 0.2) is 52.2 Å². The molecule has 2 N–H and O–H groups in total. The first-order valence-electron chi connectivity index (χ1n) is 9.20. The highest BCUT2D eigenvalue weighted by molar-refractivity contribution is 8.01. The van der Waals surface area contributed by atoms with Crippen LogP contribution >= 0.6 is 23.1 Å². The Bertz CT molecular complexity index is 1010. The number of nitrogens with one attached hydrogen (secondary N) is 2. The summed E-state index contributed by atoms with van der Waals surface area (Å²) in [5, 5.41) is 7.63. The van der Waals surface area contributed by atoms with Crippen molar-refractivity contribution in [1.82, 2.24) is 4.98 Å². The molecule has 0 aliphatic carbocycles. The molecule has 0 saturated carbocycles. The van der Waals surface area contributed by atoms with E-state index in [-0.39, 0.29) is 24.0 Å². The van der Waals surface area contributed by atoms with Crippen molar-refractivity contribution in [3.8, 4) is 0 Å². The maximum atomic E-state index is 12.3. The summed E-state index contributed by atoms with van der Waals surface area (Å²) in [4.78, 5) is 28.8. The summed E-state index contributed by atoms with van der Waals surface area (Å²) in [6.07, 6.45) is 0.208. The lowest BCUT2D eigenvalue weighted by atomic mass is 10.1. The van der Waals surface area contributed by atoms with Crippen LogP contribution in [0.1, 0.15) is 22.4 Å². The quantitative estimate of drug-likeness (QED) is 0.524. The molecule has 2 amide bonds. The summed E-state index contributed by atoms with van der Waals surface area (Å²) in [5.74, 6) is 0.0886. The van der Waals surface area contributed by atoms with Gasteiger partial charge in [0.2, 0.25) is 11.8 Å². The van der Waals surface area contributed by atoms with Crippen LogP contribution in [-0.2, 0) is 16.0 Å². The van der Waals surface area contributed by atoms with E-state index in [1.165, 1.54) is 28.7 Å². The van der Waals surface area contributed by atoms with Crippen LogP contribution in [0.4, 0.5) is 11.4 Å². The van der Waals surface area contributed by atoms with Crippen molar-refractivity contribution in [2.24, 2.45) is 0 Å². The third-order valence-electron chi connectivity index (χ3n) is 4.33. The fraction of sp³-hybridized carbons (Fsp3) is 0.227. The van der Waals surface area contributed by atoms with Crippen LogP contribution in [0.3, 0.4) is 0 Å². The number of hydrogen-bond acceptors (Lipinski definition) is 5. The second-order valence-electron chi connectivity index (χ2n) is 6.83. The summed E-state index contributed by atoms with van der Waals surface area (Å²) < 4.78 is 0.776. The number of anilines is 2. The second kappa shape index (κ2) is 9.71. The first-order valence-corrected chi connectivity index (χ1v) is 11.1. The average molecular weight is 426 g/mol. The van der Waals surface area contributed by atoms with Crippen LogP contribution < -0.4 is 10.6 Å². The van der Waals surface area contributed by atoms with Gasteiger partial charge in [0, 0.05) is 16.8 Å². The number of aryl methyl sites for hydroxylation is 3. The lowest BCUT2D eigenvalue weighted by Crippen LogP contribution is -2.15. The minimum Gasteiger partial charge on any atom is -0.326 e. The van der Waals surface area contributed by atoms with Crippen molar-refractivity contribution in [3.05, 3.63) is 70.2 Å². The van der Waals surface area contributed by atoms with Crippen LogP contribution in [-0.4, -0.2) is 22.6 Å². The largest absolute Gasteiger partial charge is 0.326 e. The fourth-order valence-electron chi connectivity index (χ4n) is 2.59. The Hall–Kier alpha value is -2.64. The number of nitrogens with zero attached hydrogens (tertiary/aromatic N) is 1. The topological polar surface area (TPSA) is 71.1 Å². The monoisotopic (exact) mass is 425 g/mol. The normalized spacial score (nSPS) is 10.6. The molecule has 0 aliphatic rings. The zero-order valence-corrected chi connectivity index (χ0v) is 18.2. The first-order chi connectivity index (χ1) is 13.9. The predicted molar refractivity (Wildman–Crippen MR) is 121 cm³/mol. The molecule has 5 nitrogen and oxygen atoms in total. The standard InChI is InChI=1S/C22H23N3O2S2/c1-14-4-7-17(8-5-14)23-21(27)13-29-22-25-19(12-28-22)11-20(26)24-18-9-6-15(2)16(3)10-18/h4-10,12H,11,13H2,1-3H3,(H,23,27)(H,24,26). The van der Waals surface area contributed by atoms with Gasteiger partial charge in [-0.2, -0.15) is 0 Å². The highest BCUT2D eigenvalue weighted by Crippen LogP contribution is 2.23. The molecule has 0 radical (unpaired) electrons. The van der Waals surface area contributed by atoms with E-state index >= 15 is 0 Å². The molecule has 29 heavy (non-hydrogen) atoms. The number of thiazole rings is 1. The summed E-state index contributed by atoms with van der Waals surface area (Å²) in [5.41, 5.74) is 5.75. The number of thioether (sulfide) groups is 1. The van der Waals surface area contributed by atoms with Crippen molar-refractivity contribution in [2.45, 2.75) is 31.5 Å². The molecule has 2 aromatic carbocycles. The highest BCUT2D eigenvalue weighted by atomic mass is 32.2. The molecule has 0 atom stereocenters. The fourth-order valence-corrected chi connectivity index (χ4v) is 4.23. The third-order valence-corrected chi connectivity index (χ3v) is 6.39. The molecule has 3 aromatic rings. The van der Waals surface area contributed by atoms with Gasteiger partial charge in [0.1, 0.15) is 0 Å². The van der Waals surface area contributed by atoms with E-state index in [1.54, 1.807) is 0 Å². The van der Waals surface area contributed by atoms with E-state index in [1.807, 2.05) is 68.6 Å². The summed E-state index contributed by atoms with van der Waals surface area (Å²) in [7, 11) is 0. The zero-order valence-electron chi connectivity index (χ0n) is 16.6. The predicted octanol–water partition coefficient (Wildman–Crippen LogP) is 4.98. The molecule has 0 fully saturated rings. The Morgan fingerprint density at radius 1 is 0.931 bits per heavy atom. The number of rotatable bonds is 7. The Balaban J connectivity index is 1.47. The Morgan fingerprint density at radius 3 is 2.34 bits per heavy atom. The van der Waals surface area contributed by atoms with E-state index in [0.717, 1.165) is 26.8 Å². The molecule has 1 heterocycles. The highest BCUT2D eigenvalue weighted by Gasteiger charge is 2.11. The Morgan fingerprint density at radius 2 is 1.62 bits per heavy atom. The van der Waals surface area contributed by atoms with Crippen LogP contribution in [0.25, 0.3) is 0 Å². The number of carbonyl (C=O) groups is 2. The Kier molecular flexibility index (Phi) is 7.06. The van der Waals surface area contributed by atoms with Crippen molar-refractivity contribution in [3.63, 3.8) is 0 Å².